The van der Waals surface area contributed by atoms with Gasteiger partial charge in [0.25, 0.3) is 6.30 Å². The summed E-state index contributed by atoms with van der Waals surface area (Å²) in [7, 11) is 2.58. The lowest BCUT2D eigenvalue weighted by Crippen LogP contribution is -2.31. The molecule has 7 heteroatoms. The Labute approximate surface area is 73.9 Å². The molecule has 0 saturated carbocycles. The zero-order valence-electron chi connectivity index (χ0n) is 7.22. The van der Waals surface area contributed by atoms with Crippen LogP contribution in [0, 0.1) is 0 Å². The summed E-state index contributed by atoms with van der Waals surface area (Å²) in [6.07, 6.45) is 0.367. The number of hydrogen-bond acceptors (Lipinski definition) is 4. The summed E-state index contributed by atoms with van der Waals surface area (Å²) in [5, 5.41) is 4.27. The van der Waals surface area contributed by atoms with Crippen LogP contribution in [0.4, 0.5) is 4.39 Å². The van der Waals surface area contributed by atoms with Crippen molar-refractivity contribution in [1.29, 1.82) is 0 Å². The number of aromatic nitrogens is 3. The van der Waals surface area contributed by atoms with Gasteiger partial charge in [0.2, 0.25) is 0 Å². The lowest BCUT2D eigenvalue weighted by Gasteiger charge is -2.15. The summed E-state index contributed by atoms with van der Waals surface area (Å²) in [6, 6.07) is 0. The fourth-order valence-corrected chi connectivity index (χ4v) is 0.688. The van der Waals surface area contributed by atoms with Gasteiger partial charge in [0.15, 0.2) is 0 Å². The van der Waals surface area contributed by atoms with Crippen LogP contribution in [-0.4, -0.2) is 39.9 Å². The van der Waals surface area contributed by atoms with Crippen LogP contribution in [0.3, 0.4) is 0 Å². The van der Waals surface area contributed by atoms with Gasteiger partial charge in [-0.2, -0.15) is 5.10 Å². The zero-order valence-corrected chi connectivity index (χ0v) is 7.22. The molecule has 13 heavy (non-hydrogen) atoms. The van der Waals surface area contributed by atoms with E-state index in [-0.39, 0.29) is 0 Å². The van der Waals surface area contributed by atoms with Gasteiger partial charge >= 0.3 is 5.91 Å². The monoisotopic (exact) mass is 188 g/mol. The first-order chi connectivity index (χ1) is 6.16. The predicted molar refractivity (Wildman–Crippen MR) is 39.9 cm³/mol. The second kappa shape index (κ2) is 3.94. The number of amides is 1. The molecule has 0 fully saturated rings. The topological polar surface area (TPSA) is 60.2 Å². The molecule has 1 aromatic heterocycles. The second-order valence-corrected chi connectivity index (χ2v) is 2.23. The van der Waals surface area contributed by atoms with Crippen LogP contribution in [0.15, 0.2) is 12.7 Å². The van der Waals surface area contributed by atoms with Gasteiger partial charge in [0.05, 0.1) is 7.11 Å². The largest absolute Gasteiger partial charge is 0.303 e. The van der Waals surface area contributed by atoms with Crippen molar-refractivity contribution in [3.8, 4) is 0 Å². The van der Waals surface area contributed by atoms with E-state index in [1.807, 2.05) is 0 Å². The van der Waals surface area contributed by atoms with E-state index < -0.39 is 12.2 Å². The molecule has 1 atom stereocenters. The molecule has 72 valence electrons. The first-order valence-corrected chi connectivity index (χ1v) is 3.46. The van der Waals surface area contributed by atoms with Gasteiger partial charge in [0.1, 0.15) is 12.7 Å². The van der Waals surface area contributed by atoms with Crippen LogP contribution >= 0.6 is 0 Å². The van der Waals surface area contributed by atoms with Crippen molar-refractivity contribution < 1.29 is 14.0 Å². The Morgan fingerprint density at radius 2 is 2.46 bits per heavy atom. The molecule has 1 aromatic rings. The smallest absolute Gasteiger partial charge is 0.274 e. The minimum atomic E-state index is -1.90. The number of halogens is 1. The Bertz CT molecular complexity index is 276. The van der Waals surface area contributed by atoms with Gasteiger partial charge in [-0.15, -0.1) is 0 Å². The fourth-order valence-electron chi connectivity index (χ4n) is 0.688. The minimum Gasteiger partial charge on any atom is -0.274 e. The summed E-state index contributed by atoms with van der Waals surface area (Å²) in [4.78, 5) is 19.1. The summed E-state index contributed by atoms with van der Waals surface area (Å²) in [5.74, 6) is -0.840. The van der Waals surface area contributed by atoms with E-state index in [9.17, 15) is 9.18 Å². The third kappa shape index (κ3) is 2.00. The molecular formula is C6H9FN4O2. The van der Waals surface area contributed by atoms with E-state index in [0.717, 1.165) is 22.4 Å². The maximum absolute atomic E-state index is 13.2. The molecule has 0 saturated heterocycles. The van der Waals surface area contributed by atoms with Crippen LogP contribution in [0.5, 0.6) is 0 Å². The molecule has 0 bridgehead atoms. The molecule has 0 aliphatic carbocycles. The number of carbonyl (C=O) groups excluding carboxylic acids is 1. The Hall–Kier alpha value is -1.50. The molecule has 0 aliphatic rings. The summed E-state index contributed by atoms with van der Waals surface area (Å²) >= 11 is 0. The highest BCUT2D eigenvalue weighted by Gasteiger charge is 2.23. The molecule has 0 aliphatic heterocycles. The lowest BCUT2D eigenvalue weighted by molar-refractivity contribution is -0.178. The number of alkyl halides is 1. The Kier molecular flexibility index (Phi) is 2.91. The second-order valence-electron chi connectivity index (χ2n) is 2.23. The van der Waals surface area contributed by atoms with Gasteiger partial charge in [-0.3, -0.25) is 9.63 Å². The molecular weight excluding hydrogens is 179 g/mol. The molecule has 6 nitrogen and oxygen atoms in total. The van der Waals surface area contributed by atoms with Crippen molar-refractivity contribution in [1.82, 2.24) is 19.8 Å². The van der Waals surface area contributed by atoms with Crippen LogP contribution in [0.1, 0.15) is 6.30 Å². The average molecular weight is 188 g/mol. The number of rotatable bonds is 3. The van der Waals surface area contributed by atoms with Crippen LogP contribution in [0.2, 0.25) is 0 Å². The summed E-state index contributed by atoms with van der Waals surface area (Å²) in [5.41, 5.74) is 0. The van der Waals surface area contributed by atoms with Gasteiger partial charge in [-0.05, 0) is 0 Å². The van der Waals surface area contributed by atoms with Crippen molar-refractivity contribution in [2.75, 3.05) is 14.2 Å². The van der Waals surface area contributed by atoms with Crippen molar-refractivity contribution in [3.63, 3.8) is 0 Å². The average Bonchev–Trinajstić information content (AvgIpc) is 2.67. The van der Waals surface area contributed by atoms with E-state index >= 15 is 0 Å². The predicted octanol–water partition coefficient (Wildman–Crippen LogP) is -0.234. The van der Waals surface area contributed by atoms with Gasteiger partial charge in [0, 0.05) is 7.05 Å². The van der Waals surface area contributed by atoms with Crippen molar-refractivity contribution in [2.24, 2.45) is 0 Å². The zero-order chi connectivity index (χ0) is 9.84. The number of carbonyl (C=O) groups is 1. The molecule has 0 aromatic carbocycles. The van der Waals surface area contributed by atoms with Crippen molar-refractivity contribution in [3.05, 3.63) is 12.7 Å². The highest BCUT2D eigenvalue weighted by atomic mass is 19.1. The highest BCUT2D eigenvalue weighted by Crippen LogP contribution is 2.08. The lowest BCUT2D eigenvalue weighted by atomic mass is 10.5. The molecule has 1 amide bonds. The molecule has 0 N–H and O–H groups in total. The van der Waals surface area contributed by atoms with Gasteiger partial charge in [-0.25, -0.2) is 19.1 Å². The molecule has 0 spiro atoms. The van der Waals surface area contributed by atoms with E-state index in [1.165, 1.54) is 14.2 Å². The molecule has 1 unspecified atom stereocenters. The highest BCUT2D eigenvalue weighted by molar-refractivity contribution is 5.77. The minimum absolute atomic E-state index is 0.784. The Balaban J connectivity index is 2.68. The van der Waals surface area contributed by atoms with Gasteiger partial charge in [-0.1, -0.05) is 0 Å². The molecule has 0 radical (unpaired) electrons. The van der Waals surface area contributed by atoms with E-state index in [2.05, 4.69) is 14.9 Å². The summed E-state index contributed by atoms with van der Waals surface area (Å²) < 4.78 is 14.0. The van der Waals surface area contributed by atoms with E-state index in [4.69, 9.17) is 0 Å². The van der Waals surface area contributed by atoms with Crippen LogP contribution in [-0.2, 0) is 9.63 Å². The third-order valence-electron chi connectivity index (χ3n) is 1.46. The first kappa shape index (κ1) is 9.59. The van der Waals surface area contributed by atoms with E-state index in [0.29, 0.717) is 0 Å². The Morgan fingerprint density at radius 3 is 2.92 bits per heavy atom. The van der Waals surface area contributed by atoms with E-state index in [1.54, 1.807) is 0 Å². The standard InChI is InChI=1S/C6H9FN4O2/c1-10(13-2)6(12)5(7)11-4-8-3-9-11/h3-5H,1-2H3. The number of hydroxylamine groups is 2. The Morgan fingerprint density at radius 1 is 1.77 bits per heavy atom. The number of likely N-dealkylation sites (N-methyl/N-ethyl adjacent to an activating group) is 1. The normalized spacial score (nSPS) is 12.5. The third-order valence-corrected chi connectivity index (χ3v) is 1.46. The summed E-state index contributed by atoms with van der Waals surface area (Å²) in [6.45, 7) is 0. The molecule has 1 rings (SSSR count). The van der Waals surface area contributed by atoms with Crippen molar-refractivity contribution >= 4 is 5.91 Å². The van der Waals surface area contributed by atoms with Crippen LogP contribution in [0.25, 0.3) is 0 Å². The SMILES string of the molecule is CON(C)C(=O)C(F)n1cncn1. The van der Waals surface area contributed by atoms with Gasteiger partial charge < -0.3 is 0 Å². The maximum atomic E-state index is 13.2. The maximum Gasteiger partial charge on any atom is 0.303 e. The number of nitrogens with zero attached hydrogens (tertiary/aromatic N) is 4. The fraction of sp³-hybridized carbons (Fsp3) is 0.500. The van der Waals surface area contributed by atoms with Crippen LogP contribution < -0.4 is 0 Å². The number of hydrogen-bond donors (Lipinski definition) is 0. The quantitative estimate of drug-likeness (QED) is 0.614. The van der Waals surface area contributed by atoms with Crippen molar-refractivity contribution in [2.45, 2.75) is 6.30 Å². The molecule has 1 heterocycles. The first-order valence-electron chi connectivity index (χ1n) is 3.46.